The highest BCUT2D eigenvalue weighted by atomic mass is 16.5. The Morgan fingerprint density at radius 2 is 1.74 bits per heavy atom. The summed E-state index contributed by atoms with van der Waals surface area (Å²) in [6, 6.07) is -0.345. The average molecular weight is 379 g/mol. The molecule has 0 aromatic heterocycles. The maximum absolute atomic E-state index is 12.7. The van der Waals surface area contributed by atoms with Crippen LogP contribution in [-0.4, -0.2) is 63.9 Å². The van der Waals surface area contributed by atoms with Gasteiger partial charge in [0.2, 0.25) is 0 Å². The molecule has 2 saturated heterocycles. The smallest absolute Gasteiger partial charge is 0.327 e. The van der Waals surface area contributed by atoms with E-state index in [9.17, 15) is 19.2 Å². The van der Waals surface area contributed by atoms with E-state index in [1.165, 1.54) is 0 Å². The Hall–Kier alpha value is -2.12. The third-order valence-corrected chi connectivity index (χ3v) is 6.09. The number of piperidine rings is 1. The third-order valence-electron chi connectivity index (χ3n) is 6.09. The molecule has 27 heavy (non-hydrogen) atoms. The van der Waals surface area contributed by atoms with Crippen molar-refractivity contribution >= 4 is 23.8 Å². The molecule has 3 atom stereocenters. The monoisotopic (exact) mass is 379 g/mol. The molecule has 1 aliphatic carbocycles. The molecular weight excluding hydrogens is 350 g/mol. The summed E-state index contributed by atoms with van der Waals surface area (Å²) < 4.78 is 5.27. The predicted molar refractivity (Wildman–Crippen MR) is 96.6 cm³/mol. The van der Waals surface area contributed by atoms with Crippen LogP contribution in [0.3, 0.4) is 0 Å². The molecule has 2 aliphatic heterocycles. The van der Waals surface area contributed by atoms with Gasteiger partial charge < -0.3 is 15.0 Å². The minimum atomic E-state index is -0.943. The molecule has 8 heteroatoms. The number of esters is 1. The zero-order chi connectivity index (χ0) is 19.8. The quantitative estimate of drug-likeness (QED) is 0.591. The summed E-state index contributed by atoms with van der Waals surface area (Å²) in [5, 5.41) is 2.73. The number of likely N-dealkylation sites (tertiary alicyclic amines) is 1. The number of urea groups is 1. The minimum Gasteiger partial charge on any atom is -0.451 e. The maximum Gasteiger partial charge on any atom is 0.327 e. The second kappa shape index (κ2) is 7.48. The van der Waals surface area contributed by atoms with E-state index >= 15 is 0 Å². The lowest BCUT2D eigenvalue weighted by Gasteiger charge is -2.40. The first-order valence-electron chi connectivity index (χ1n) is 9.91. The molecule has 3 aliphatic rings. The van der Waals surface area contributed by atoms with Gasteiger partial charge in [0.25, 0.3) is 11.8 Å². The Kier molecular flexibility index (Phi) is 5.44. The fraction of sp³-hybridized carbons (Fsp3) is 0.789. The van der Waals surface area contributed by atoms with Crippen LogP contribution in [0.5, 0.6) is 0 Å². The van der Waals surface area contributed by atoms with Crippen molar-refractivity contribution in [2.24, 2.45) is 0 Å². The fourth-order valence-electron chi connectivity index (χ4n) is 4.62. The van der Waals surface area contributed by atoms with Crippen LogP contribution in [0.25, 0.3) is 0 Å². The van der Waals surface area contributed by atoms with Gasteiger partial charge in [-0.05, 0) is 52.9 Å². The Bertz CT molecular complexity index is 633. The summed E-state index contributed by atoms with van der Waals surface area (Å²) in [4.78, 5) is 52.4. The topological polar surface area (TPSA) is 96.0 Å². The zero-order valence-corrected chi connectivity index (χ0v) is 16.3. The lowest BCUT2D eigenvalue weighted by molar-refractivity contribution is -0.163. The first kappa shape index (κ1) is 19.6. The molecule has 1 N–H and O–H groups in total. The molecule has 150 valence electrons. The predicted octanol–water partition coefficient (Wildman–Crippen LogP) is 1.57. The summed E-state index contributed by atoms with van der Waals surface area (Å²) in [5.41, 5.74) is -0.850. The van der Waals surface area contributed by atoms with E-state index in [1.54, 1.807) is 11.8 Å². The standard InChI is InChI=1S/C19H29N3O5/c1-12-7-6-8-13(2)22(12)16(24)14(3)27-15(23)11-21-17(25)19(20-18(21)26)9-4-5-10-19/h12-14H,4-11H2,1-3H3,(H,20,26)/t12-,13-,14+/m0/s1. The van der Waals surface area contributed by atoms with Crippen molar-refractivity contribution in [1.29, 1.82) is 0 Å². The summed E-state index contributed by atoms with van der Waals surface area (Å²) in [7, 11) is 0. The van der Waals surface area contributed by atoms with Gasteiger partial charge in [-0.2, -0.15) is 0 Å². The molecule has 8 nitrogen and oxygen atoms in total. The van der Waals surface area contributed by atoms with Gasteiger partial charge in [-0.1, -0.05) is 12.8 Å². The Balaban J connectivity index is 1.58. The Morgan fingerprint density at radius 1 is 1.15 bits per heavy atom. The number of imide groups is 1. The van der Waals surface area contributed by atoms with Crippen LogP contribution in [0.2, 0.25) is 0 Å². The van der Waals surface area contributed by atoms with Crippen LogP contribution in [0.4, 0.5) is 4.79 Å². The van der Waals surface area contributed by atoms with E-state index < -0.39 is 30.2 Å². The summed E-state index contributed by atoms with van der Waals surface area (Å²) >= 11 is 0. The van der Waals surface area contributed by atoms with Crippen LogP contribution in [0, 0.1) is 0 Å². The molecule has 3 rings (SSSR count). The number of hydrogen-bond acceptors (Lipinski definition) is 5. The van der Waals surface area contributed by atoms with Crippen molar-refractivity contribution in [3.63, 3.8) is 0 Å². The van der Waals surface area contributed by atoms with Crippen molar-refractivity contribution in [2.45, 2.75) is 89.4 Å². The molecular formula is C19H29N3O5. The summed E-state index contributed by atoms with van der Waals surface area (Å²) in [6.45, 7) is 5.07. The third kappa shape index (κ3) is 3.66. The Morgan fingerprint density at radius 3 is 2.33 bits per heavy atom. The molecule has 0 aromatic rings. The second-order valence-corrected chi connectivity index (χ2v) is 8.12. The maximum atomic E-state index is 12.7. The van der Waals surface area contributed by atoms with Crippen LogP contribution >= 0.6 is 0 Å². The summed E-state index contributed by atoms with van der Waals surface area (Å²) in [5.74, 6) is -1.33. The van der Waals surface area contributed by atoms with Gasteiger partial charge in [0.1, 0.15) is 12.1 Å². The highest BCUT2D eigenvalue weighted by Gasteiger charge is 2.53. The van der Waals surface area contributed by atoms with Crippen molar-refractivity contribution < 1.29 is 23.9 Å². The molecule has 0 bridgehead atoms. The van der Waals surface area contributed by atoms with Gasteiger partial charge >= 0.3 is 12.0 Å². The molecule has 1 spiro atoms. The van der Waals surface area contributed by atoms with Crippen LogP contribution < -0.4 is 5.32 Å². The number of carbonyl (C=O) groups excluding carboxylic acids is 4. The normalized spacial score (nSPS) is 28.4. The number of ether oxygens (including phenoxy) is 1. The van der Waals surface area contributed by atoms with Crippen molar-refractivity contribution in [1.82, 2.24) is 15.1 Å². The molecule has 0 aromatic carbocycles. The molecule has 0 radical (unpaired) electrons. The number of carbonyl (C=O) groups is 4. The van der Waals surface area contributed by atoms with Gasteiger partial charge in [-0.15, -0.1) is 0 Å². The largest absolute Gasteiger partial charge is 0.451 e. The molecule has 4 amide bonds. The molecule has 0 unspecified atom stereocenters. The molecule has 3 fully saturated rings. The lowest BCUT2D eigenvalue weighted by atomic mass is 9.97. The number of hydrogen-bond donors (Lipinski definition) is 1. The summed E-state index contributed by atoms with van der Waals surface area (Å²) in [6.07, 6.45) is 4.95. The van der Waals surface area contributed by atoms with Crippen molar-refractivity contribution in [2.75, 3.05) is 6.54 Å². The number of nitrogens with zero attached hydrogens (tertiary/aromatic N) is 2. The lowest BCUT2D eigenvalue weighted by Crippen LogP contribution is -2.52. The van der Waals surface area contributed by atoms with E-state index in [4.69, 9.17) is 4.74 Å². The first-order chi connectivity index (χ1) is 12.7. The van der Waals surface area contributed by atoms with Crippen LogP contribution in [-0.2, 0) is 19.1 Å². The fourth-order valence-corrected chi connectivity index (χ4v) is 4.62. The molecule has 2 heterocycles. The van der Waals surface area contributed by atoms with E-state index in [1.807, 2.05) is 13.8 Å². The van der Waals surface area contributed by atoms with Crippen molar-refractivity contribution in [3.05, 3.63) is 0 Å². The Labute approximate surface area is 159 Å². The minimum absolute atomic E-state index is 0.107. The van der Waals surface area contributed by atoms with Gasteiger partial charge in [0, 0.05) is 12.1 Å². The number of amides is 4. The number of rotatable bonds is 4. The molecule has 1 saturated carbocycles. The van der Waals surface area contributed by atoms with E-state index in [-0.39, 0.29) is 23.9 Å². The van der Waals surface area contributed by atoms with Crippen molar-refractivity contribution in [3.8, 4) is 0 Å². The SMILES string of the molecule is C[C@@H](OC(=O)CN1C(=O)NC2(CCCC2)C1=O)C(=O)N1[C@@H](C)CCC[C@@H]1C. The highest BCUT2D eigenvalue weighted by molar-refractivity contribution is 6.08. The average Bonchev–Trinajstić information content (AvgIpc) is 3.15. The van der Waals surface area contributed by atoms with Gasteiger partial charge in [0.15, 0.2) is 6.10 Å². The first-order valence-corrected chi connectivity index (χ1v) is 9.91. The van der Waals surface area contributed by atoms with Gasteiger partial charge in [-0.3, -0.25) is 19.3 Å². The second-order valence-electron chi connectivity index (χ2n) is 8.12. The zero-order valence-electron chi connectivity index (χ0n) is 16.3. The highest BCUT2D eigenvalue weighted by Crippen LogP contribution is 2.35. The van der Waals surface area contributed by atoms with Gasteiger partial charge in [0.05, 0.1) is 0 Å². The van der Waals surface area contributed by atoms with Crippen LogP contribution in [0.15, 0.2) is 0 Å². The van der Waals surface area contributed by atoms with Crippen LogP contribution in [0.1, 0.15) is 65.7 Å². The van der Waals surface area contributed by atoms with E-state index in [2.05, 4.69) is 5.32 Å². The van der Waals surface area contributed by atoms with Gasteiger partial charge in [-0.25, -0.2) is 4.79 Å². The number of nitrogens with one attached hydrogen (secondary N) is 1. The van der Waals surface area contributed by atoms with E-state index in [0.29, 0.717) is 12.8 Å². The van der Waals surface area contributed by atoms with E-state index in [0.717, 1.165) is 37.0 Å².